The number of hydrogen-bond acceptors (Lipinski definition) is 6. The van der Waals surface area contributed by atoms with Crippen molar-refractivity contribution in [3.63, 3.8) is 0 Å². The number of sulfonamides is 1. The number of anilines is 1. The summed E-state index contributed by atoms with van der Waals surface area (Å²) in [6, 6.07) is 14.3. The van der Waals surface area contributed by atoms with Crippen molar-refractivity contribution in [3.05, 3.63) is 65.0 Å². The molecule has 1 amide bonds. The monoisotopic (exact) mass is 457 g/mol. The Morgan fingerprint density at radius 3 is 2.58 bits per heavy atom. The van der Waals surface area contributed by atoms with Gasteiger partial charge < -0.3 is 10.1 Å². The van der Waals surface area contributed by atoms with Crippen LogP contribution in [0.3, 0.4) is 0 Å². The molecule has 31 heavy (non-hydrogen) atoms. The van der Waals surface area contributed by atoms with Gasteiger partial charge in [-0.2, -0.15) is 4.31 Å². The Labute approximate surface area is 185 Å². The minimum Gasteiger partial charge on any atom is -0.497 e. The van der Waals surface area contributed by atoms with Gasteiger partial charge in [-0.3, -0.25) is 4.79 Å². The Bertz CT molecular complexity index is 1190. The summed E-state index contributed by atoms with van der Waals surface area (Å²) in [4.78, 5) is 17.6. The molecular formula is C22H23N3O4S2. The Morgan fingerprint density at radius 1 is 1.19 bits per heavy atom. The minimum atomic E-state index is -3.55. The molecule has 2 heterocycles. The molecule has 7 nitrogen and oxygen atoms in total. The smallest absolute Gasteiger partial charge is 0.244 e. The maximum Gasteiger partial charge on any atom is 0.244 e. The van der Waals surface area contributed by atoms with Crippen LogP contribution in [0.4, 0.5) is 5.13 Å². The molecule has 3 aromatic rings. The van der Waals surface area contributed by atoms with Crippen molar-refractivity contribution in [2.45, 2.75) is 25.9 Å². The highest BCUT2D eigenvalue weighted by Crippen LogP contribution is 2.29. The van der Waals surface area contributed by atoms with E-state index in [9.17, 15) is 13.2 Å². The number of carbonyl (C=O) groups excluding carboxylic acids is 1. The molecule has 1 aliphatic heterocycles. The molecule has 162 valence electrons. The number of amides is 1. The molecule has 0 aliphatic carbocycles. The van der Waals surface area contributed by atoms with E-state index in [1.165, 1.54) is 15.6 Å². The van der Waals surface area contributed by atoms with Gasteiger partial charge in [0, 0.05) is 17.5 Å². The van der Waals surface area contributed by atoms with Crippen molar-refractivity contribution in [3.8, 4) is 17.0 Å². The second-order valence-corrected chi connectivity index (χ2v) is 10.3. The molecule has 1 aromatic heterocycles. The van der Waals surface area contributed by atoms with Crippen LogP contribution in [0.5, 0.6) is 5.75 Å². The van der Waals surface area contributed by atoms with Crippen molar-refractivity contribution in [2.24, 2.45) is 0 Å². The molecule has 2 aromatic carbocycles. The lowest BCUT2D eigenvalue weighted by Crippen LogP contribution is -2.51. The quantitative estimate of drug-likeness (QED) is 0.612. The van der Waals surface area contributed by atoms with Gasteiger partial charge in [0.1, 0.15) is 11.8 Å². The highest BCUT2D eigenvalue weighted by atomic mass is 32.2. The summed E-state index contributed by atoms with van der Waals surface area (Å²) < 4.78 is 31.9. The molecule has 0 radical (unpaired) electrons. The maximum atomic E-state index is 13.1. The van der Waals surface area contributed by atoms with Gasteiger partial charge >= 0.3 is 0 Å². The van der Waals surface area contributed by atoms with Crippen LogP contribution in [0, 0.1) is 0 Å². The number of nitrogens with zero attached hydrogens (tertiary/aromatic N) is 2. The number of methoxy groups -OCH3 is 1. The summed E-state index contributed by atoms with van der Waals surface area (Å²) in [7, 11) is -1.94. The van der Waals surface area contributed by atoms with E-state index in [0.717, 1.165) is 28.1 Å². The Hall–Kier alpha value is -2.75. The lowest BCUT2D eigenvalue weighted by molar-refractivity contribution is -0.120. The lowest BCUT2D eigenvalue weighted by Gasteiger charge is -2.34. The van der Waals surface area contributed by atoms with Crippen molar-refractivity contribution < 1.29 is 17.9 Å². The molecule has 1 N–H and O–H groups in total. The van der Waals surface area contributed by atoms with E-state index in [2.05, 4.69) is 10.3 Å². The van der Waals surface area contributed by atoms with Crippen molar-refractivity contribution in [2.75, 3.05) is 18.2 Å². The van der Waals surface area contributed by atoms with E-state index in [1.54, 1.807) is 14.0 Å². The number of thiazole rings is 1. The molecule has 0 spiro atoms. The van der Waals surface area contributed by atoms with Crippen LogP contribution in [0.25, 0.3) is 11.3 Å². The van der Waals surface area contributed by atoms with Gasteiger partial charge in [-0.05, 0) is 48.7 Å². The van der Waals surface area contributed by atoms with E-state index in [-0.39, 0.29) is 18.2 Å². The van der Waals surface area contributed by atoms with Gasteiger partial charge in [-0.1, -0.05) is 24.3 Å². The number of hydrogen-bond donors (Lipinski definition) is 1. The number of ether oxygens (including phenoxy) is 1. The average molecular weight is 458 g/mol. The van der Waals surface area contributed by atoms with Crippen LogP contribution >= 0.6 is 11.3 Å². The van der Waals surface area contributed by atoms with Gasteiger partial charge in [-0.15, -0.1) is 11.3 Å². The highest BCUT2D eigenvalue weighted by molar-refractivity contribution is 7.89. The number of benzene rings is 2. The second kappa shape index (κ2) is 8.78. The maximum absolute atomic E-state index is 13.1. The Balaban J connectivity index is 1.56. The fourth-order valence-corrected chi connectivity index (χ4v) is 5.54. The molecule has 0 saturated carbocycles. The minimum absolute atomic E-state index is 0.0577. The average Bonchev–Trinajstić information content (AvgIpc) is 3.26. The molecule has 0 saturated heterocycles. The SMILES string of the molecule is CCS(=O)(=O)N1Cc2ccccc2C[C@H]1C(=O)Nc1nc(-c2ccc(OC)cc2)cs1. The summed E-state index contributed by atoms with van der Waals surface area (Å²) in [5, 5.41) is 5.11. The first-order valence-corrected chi connectivity index (χ1v) is 12.4. The van der Waals surface area contributed by atoms with Gasteiger partial charge in [0.2, 0.25) is 15.9 Å². The fraction of sp³-hybridized carbons (Fsp3) is 0.273. The number of nitrogens with one attached hydrogen (secondary N) is 1. The molecule has 4 rings (SSSR count). The molecule has 9 heteroatoms. The number of aromatic nitrogens is 1. The summed E-state index contributed by atoms with van der Waals surface area (Å²) >= 11 is 1.30. The van der Waals surface area contributed by atoms with Crippen LogP contribution < -0.4 is 10.1 Å². The predicted molar refractivity (Wildman–Crippen MR) is 122 cm³/mol. The molecule has 0 bridgehead atoms. The fourth-order valence-electron chi connectivity index (χ4n) is 3.59. The zero-order valence-corrected chi connectivity index (χ0v) is 18.9. The Morgan fingerprint density at radius 2 is 1.90 bits per heavy atom. The normalized spacial score (nSPS) is 16.5. The second-order valence-electron chi connectivity index (χ2n) is 7.19. The molecule has 1 atom stereocenters. The summed E-state index contributed by atoms with van der Waals surface area (Å²) in [5.41, 5.74) is 3.55. The standard InChI is InChI=1S/C22H23N3O4S2/c1-3-31(27,28)25-13-17-7-5-4-6-16(17)12-20(25)21(26)24-22-23-19(14-30-22)15-8-10-18(29-2)11-9-15/h4-11,14,20H,3,12-13H2,1-2H3,(H,23,24,26)/t20-/m0/s1. The first-order valence-electron chi connectivity index (χ1n) is 9.88. The van der Waals surface area contributed by atoms with E-state index < -0.39 is 16.1 Å². The number of carbonyl (C=O) groups is 1. The van der Waals surface area contributed by atoms with Crippen molar-refractivity contribution >= 4 is 32.4 Å². The first-order chi connectivity index (χ1) is 14.9. The topological polar surface area (TPSA) is 88.6 Å². The van der Waals surface area contributed by atoms with Crippen LogP contribution in [-0.4, -0.2) is 42.5 Å². The van der Waals surface area contributed by atoms with E-state index in [1.807, 2.05) is 53.9 Å². The number of fused-ring (bicyclic) bond motifs is 1. The van der Waals surface area contributed by atoms with Gasteiger partial charge in [0.25, 0.3) is 0 Å². The first kappa shape index (κ1) is 21.5. The summed E-state index contributed by atoms with van der Waals surface area (Å²) in [5.74, 6) is 0.321. The molecular weight excluding hydrogens is 434 g/mol. The van der Waals surface area contributed by atoms with E-state index in [4.69, 9.17) is 4.74 Å². The van der Waals surface area contributed by atoms with Crippen molar-refractivity contribution in [1.82, 2.24) is 9.29 Å². The predicted octanol–water partition coefficient (Wildman–Crippen LogP) is 3.53. The largest absolute Gasteiger partial charge is 0.497 e. The van der Waals surface area contributed by atoms with Crippen LogP contribution in [0.2, 0.25) is 0 Å². The van der Waals surface area contributed by atoms with Crippen LogP contribution in [0.1, 0.15) is 18.1 Å². The summed E-state index contributed by atoms with van der Waals surface area (Å²) in [6.07, 6.45) is 0.331. The van der Waals surface area contributed by atoms with Gasteiger partial charge in [-0.25, -0.2) is 13.4 Å². The zero-order valence-electron chi connectivity index (χ0n) is 17.2. The zero-order chi connectivity index (χ0) is 22.0. The van der Waals surface area contributed by atoms with Crippen LogP contribution in [-0.2, 0) is 27.8 Å². The lowest BCUT2D eigenvalue weighted by atomic mass is 9.95. The van der Waals surface area contributed by atoms with E-state index >= 15 is 0 Å². The third-order valence-corrected chi connectivity index (χ3v) is 7.94. The molecule has 1 aliphatic rings. The third kappa shape index (κ3) is 4.48. The van der Waals surface area contributed by atoms with E-state index in [0.29, 0.717) is 11.6 Å². The summed E-state index contributed by atoms with van der Waals surface area (Å²) in [6.45, 7) is 1.78. The van der Waals surface area contributed by atoms with Gasteiger partial charge in [0.15, 0.2) is 5.13 Å². The van der Waals surface area contributed by atoms with Crippen molar-refractivity contribution in [1.29, 1.82) is 0 Å². The molecule has 0 unspecified atom stereocenters. The third-order valence-electron chi connectivity index (χ3n) is 5.35. The van der Waals surface area contributed by atoms with Crippen LogP contribution in [0.15, 0.2) is 53.9 Å². The highest BCUT2D eigenvalue weighted by Gasteiger charge is 2.38. The van der Waals surface area contributed by atoms with Gasteiger partial charge in [0.05, 0.1) is 18.6 Å². The molecule has 0 fully saturated rings. The number of rotatable bonds is 6. The Kier molecular flexibility index (Phi) is 6.08.